The Bertz CT molecular complexity index is 994. The average Bonchev–Trinajstić information content (AvgIpc) is 2.77. The zero-order chi connectivity index (χ0) is 20.9. The number of anilines is 2. The number of nitrogens with zero attached hydrogens (tertiary/aromatic N) is 2. The van der Waals surface area contributed by atoms with Gasteiger partial charge in [-0.15, -0.1) is 0 Å². The van der Waals surface area contributed by atoms with E-state index in [0.29, 0.717) is 11.3 Å². The van der Waals surface area contributed by atoms with Crippen molar-refractivity contribution in [1.29, 1.82) is 0 Å². The molecule has 1 amide bonds. The van der Waals surface area contributed by atoms with E-state index in [0.717, 1.165) is 44.0 Å². The summed E-state index contributed by atoms with van der Waals surface area (Å²) in [4.78, 5) is 16.9. The van der Waals surface area contributed by atoms with Gasteiger partial charge in [-0.05, 0) is 48.9 Å². The molecule has 154 valence electrons. The Morgan fingerprint density at radius 1 is 0.900 bits per heavy atom. The number of para-hydroxylation sites is 1. The number of rotatable bonds is 5. The minimum Gasteiger partial charge on any atom is -0.367 e. The Labute approximate surface area is 176 Å². The summed E-state index contributed by atoms with van der Waals surface area (Å²) in [5.74, 6) is -0.269. The highest BCUT2D eigenvalue weighted by molar-refractivity contribution is 6.04. The molecule has 1 aliphatic heterocycles. The molecule has 1 aliphatic rings. The van der Waals surface area contributed by atoms with E-state index >= 15 is 0 Å². The first-order chi connectivity index (χ1) is 14.6. The van der Waals surface area contributed by atoms with E-state index in [-0.39, 0.29) is 11.7 Å². The van der Waals surface area contributed by atoms with Crippen LogP contribution in [0.15, 0.2) is 72.8 Å². The molecule has 5 heteroatoms. The van der Waals surface area contributed by atoms with Gasteiger partial charge < -0.3 is 10.2 Å². The number of halogens is 1. The molecule has 0 atom stereocenters. The molecule has 0 radical (unpaired) electrons. The maximum atomic E-state index is 14.0. The fourth-order valence-electron chi connectivity index (χ4n) is 3.71. The Morgan fingerprint density at radius 3 is 2.23 bits per heavy atom. The van der Waals surface area contributed by atoms with Crippen LogP contribution in [0.2, 0.25) is 0 Å². The summed E-state index contributed by atoms with van der Waals surface area (Å²) < 4.78 is 14.0. The van der Waals surface area contributed by atoms with Crippen molar-refractivity contribution >= 4 is 17.3 Å². The smallest absolute Gasteiger partial charge is 0.255 e. The van der Waals surface area contributed by atoms with Crippen LogP contribution in [-0.2, 0) is 6.54 Å². The van der Waals surface area contributed by atoms with Crippen LogP contribution in [-0.4, -0.2) is 37.0 Å². The topological polar surface area (TPSA) is 35.6 Å². The molecule has 1 saturated heterocycles. The maximum Gasteiger partial charge on any atom is 0.255 e. The standard InChI is InChI=1S/C25H26FN3O/c1-19-6-12-22(13-7-19)27-25(30)21-10-8-20(9-11-21)18-28-14-16-29(17-15-28)24-5-3-2-4-23(24)26/h2-13H,14-18H2,1H3,(H,27,30). The second kappa shape index (κ2) is 9.09. The molecule has 30 heavy (non-hydrogen) atoms. The van der Waals surface area contributed by atoms with E-state index in [4.69, 9.17) is 0 Å². The highest BCUT2D eigenvalue weighted by Crippen LogP contribution is 2.21. The quantitative estimate of drug-likeness (QED) is 0.670. The largest absolute Gasteiger partial charge is 0.367 e. The number of carbonyl (C=O) groups excluding carboxylic acids is 1. The van der Waals surface area contributed by atoms with Gasteiger partial charge >= 0.3 is 0 Å². The molecule has 3 aromatic rings. The number of amides is 1. The normalized spacial score (nSPS) is 14.5. The van der Waals surface area contributed by atoms with E-state index in [1.54, 1.807) is 6.07 Å². The second-order valence-corrected chi connectivity index (χ2v) is 7.73. The molecule has 0 saturated carbocycles. The van der Waals surface area contributed by atoms with Gasteiger partial charge in [0.2, 0.25) is 0 Å². The van der Waals surface area contributed by atoms with Crippen molar-refractivity contribution in [2.24, 2.45) is 0 Å². The lowest BCUT2D eigenvalue weighted by Gasteiger charge is -2.36. The first-order valence-electron chi connectivity index (χ1n) is 10.3. The number of hydrogen-bond acceptors (Lipinski definition) is 3. The van der Waals surface area contributed by atoms with E-state index < -0.39 is 0 Å². The summed E-state index contributed by atoms with van der Waals surface area (Å²) in [7, 11) is 0. The number of hydrogen-bond donors (Lipinski definition) is 1. The summed E-state index contributed by atoms with van der Waals surface area (Å²) >= 11 is 0. The summed E-state index contributed by atoms with van der Waals surface area (Å²) in [6, 6.07) is 22.5. The third-order valence-corrected chi connectivity index (χ3v) is 5.50. The fourth-order valence-corrected chi connectivity index (χ4v) is 3.71. The Kier molecular flexibility index (Phi) is 6.10. The zero-order valence-electron chi connectivity index (χ0n) is 17.1. The van der Waals surface area contributed by atoms with Crippen LogP contribution in [0.1, 0.15) is 21.5 Å². The monoisotopic (exact) mass is 403 g/mol. The fraction of sp³-hybridized carbons (Fsp3) is 0.240. The van der Waals surface area contributed by atoms with Crippen molar-refractivity contribution in [2.45, 2.75) is 13.5 Å². The van der Waals surface area contributed by atoms with Crippen LogP contribution in [0.25, 0.3) is 0 Å². The maximum absolute atomic E-state index is 14.0. The lowest BCUT2D eigenvalue weighted by atomic mass is 10.1. The highest BCUT2D eigenvalue weighted by Gasteiger charge is 2.19. The first kappa shape index (κ1) is 20.1. The summed E-state index contributed by atoms with van der Waals surface area (Å²) in [5.41, 5.74) is 4.44. The van der Waals surface area contributed by atoms with Crippen LogP contribution >= 0.6 is 0 Å². The van der Waals surface area contributed by atoms with Gasteiger partial charge in [-0.2, -0.15) is 0 Å². The van der Waals surface area contributed by atoms with Crippen molar-refractivity contribution in [3.63, 3.8) is 0 Å². The van der Waals surface area contributed by atoms with Crippen LogP contribution in [0, 0.1) is 12.7 Å². The van der Waals surface area contributed by atoms with Crippen LogP contribution in [0.5, 0.6) is 0 Å². The number of piperazine rings is 1. The number of carbonyl (C=O) groups is 1. The Hall–Kier alpha value is -3.18. The van der Waals surface area contributed by atoms with Crippen LogP contribution in [0.3, 0.4) is 0 Å². The summed E-state index contributed by atoms with van der Waals surface area (Å²) in [6.07, 6.45) is 0. The van der Waals surface area contributed by atoms with Crippen molar-refractivity contribution < 1.29 is 9.18 Å². The van der Waals surface area contributed by atoms with Gasteiger partial charge in [0.05, 0.1) is 5.69 Å². The molecule has 0 bridgehead atoms. The Balaban J connectivity index is 1.30. The molecule has 0 aromatic heterocycles. The summed E-state index contributed by atoms with van der Waals surface area (Å²) in [5, 5.41) is 2.93. The van der Waals surface area contributed by atoms with Gasteiger partial charge in [0, 0.05) is 44.0 Å². The first-order valence-corrected chi connectivity index (χ1v) is 10.3. The van der Waals surface area contributed by atoms with E-state index in [9.17, 15) is 9.18 Å². The molecular formula is C25H26FN3O. The molecule has 1 fully saturated rings. The lowest BCUT2D eigenvalue weighted by Crippen LogP contribution is -2.46. The predicted molar refractivity (Wildman–Crippen MR) is 119 cm³/mol. The summed E-state index contributed by atoms with van der Waals surface area (Å²) in [6.45, 7) is 6.21. The van der Waals surface area contributed by atoms with Gasteiger partial charge in [-0.1, -0.05) is 42.0 Å². The second-order valence-electron chi connectivity index (χ2n) is 7.73. The molecule has 0 unspecified atom stereocenters. The van der Waals surface area contributed by atoms with Crippen molar-refractivity contribution in [2.75, 3.05) is 36.4 Å². The number of benzene rings is 3. The zero-order valence-corrected chi connectivity index (χ0v) is 17.1. The third-order valence-electron chi connectivity index (χ3n) is 5.50. The molecule has 0 spiro atoms. The molecular weight excluding hydrogens is 377 g/mol. The van der Waals surface area contributed by atoms with E-state index in [1.165, 1.54) is 11.6 Å². The predicted octanol–water partition coefficient (Wildman–Crippen LogP) is 4.71. The van der Waals surface area contributed by atoms with Gasteiger partial charge in [-0.25, -0.2) is 4.39 Å². The van der Waals surface area contributed by atoms with Gasteiger partial charge in [0.15, 0.2) is 0 Å². The van der Waals surface area contributed by atoms with E-state index in [2.05, 4.69) is 15.1 Å². The van der Waals surface area contributed by atoms with Crippen molar-refractivity contribution in [3.8, 4) is 0 Å². The van der Waals surface area contributed by atoms with Crippen LogP contribution < -0.4 is 10.2 Å². The molecule has 4 rings (SSSR count). The van der Waals surface area contributed by atoms with Gasteiger partial charge in [0.25, 0.3) is 5.91 Å². The number of nitrogens with one attached hydrogen (secondary N) is 1. The number of aryl methyl sites for hydroxylation is 1. The molecule has 1 heterocycles. The van der Waals surface area contributed by atoms with Crippen molar-refractivity contribution in [3.05, 3.63) is 95.3 Å². The third kappa shape index (κ3) is 4.86. The van der Waals surface area contributed by atoms with Crippen molar-refractivity contribution in [1.82, 2.24) is 4.90 Å². The lowest BCUT2D eigenvalue weighted by molar-refractivity contribution is 0.102. The van der Waals surface area contributed by atoms with Gasteiger partial charge in [0.1, 0.15) is 5.82 Å². The minimum atomic E-state index is -0.162. The highest BCUT2D eigenvalue weighted by atomic mass is 19.1. The molecule has 1 N–H and O–H groups in total. The molecule has 4 nitrogen and oxygen atoms in total. The van der Waals surface area contributed by atoms with E-state index in [1.807, 2.05) is 67.6 Å². The van der Waals surface area contributed by atoms with Crippen LogP contribution in [0.4, 0.5) is 15.8 Å². The molecule has 3 aromatic carbocycles. The molecule has 0 aliphatic carbocycles. The van der Waals surface area contributed by atoms with Gasteiger partial charge in [-0.3, -0.25) is 9.69 Å². The Morgan fingerprint density at radius 2 is 1.57 bits per heavy atom. The minimum absolute atomic E-state index is 0.107. The average molecular weight is 404 g/mol. The SMILES string of the molecule is Cc1ccc(NC(=O)c2ccc(CN3CCN(c4ccccc4F)CC3)cc2)cc1.